The third kappa shape index (κ3) is 3.11. The van der Waals surface area contributed by atoms with Gasteiger partial charge < -0.3 is 9.84 Å². The first-order chi connectivity index (χ1) is 9.13. The van der Waals surface area contributed by atoms with E-state index in [2.05, 4.69) is 15.9 Å². The summed E-state index contributed by atoms with van der Waals surface area (Å²) in [6.45, 7) is -0.166. The summed E-state index contributed by atoms with van der Waals surface area (Å²) in [6.07, 6.45) is 0. The standard InChI is InChI=1S/C14H9BrFNO2/c15-11-2-3-12(16)14(6-11)19-13-4-1-9(8-18)5-10(13)7-17/h1-6,18H,8H2. The molecule has 2 aromatic rings. The van der Waals surface area contributed by atoms with Crippen LogP contribution in [-0.2, 0) is 6.61 Å². The fourth-order valence-electron chi connectivity index (χ4n) is 1.53. The highest BCUT2D eigenvalue weighted by Gasteiger charge is 2.10. The molecule has 96 valence electrons. The second-order valence-electron chi connectivity index (χ2n) is 3.78. The summed E-state index contributed by atoms with van der Waals surface area (Å²) in [6, 6.07) is 10.9. The summed E-state index contributed by atoms with van der Waals surface area (Å²) in [7, 11) is 0. The van der Waals surface area contributed by atoms with Gasteiger partial charge in [0, 0.05) is 4.47 Å². The smallest absolute Gasteiger partial charge is 0.165 e. The fourth-order valence-corrected chi connectivity index (χ4v) is 1.87. The molecule has 0 aliphatic carbocycles. The maximum atomic E-state index is 13.6. The molecule has 0 unspecified atom stereocenters. The van der Waals surface area contributed by atoms with Crippen molar-refractivity contribution in [2.24, 2.45) is 0 Å². The normalized spacial score (nSPS) is 10.0. The van der Waals surface area contributed by atoms with Gasteiger partial charge in [0.05, 0.1) is 12.2 Å². The molecule has 0 amide bonds. The van der Waals surface area contributed by atoms with Gasteiger partial charge in [-0.05, 0) is 35.9 Å². The first-order valence-electron chi connectivity index (χ1n) is 5.41. The summed E-state index contributed by atoms with van der Waals surface area (Å²) in [5, 5.41) is 18.0. The molecule has 0 bridgehead atoms. The van der Waals surface area contributed by atoms with Crippen molar-refractivity contribution in [2.75, 3.05) is 0 Å². The first-order valence-corrected chi connectivity index (χ1v) is 6.20. The van der Waals surface area contributed by atoms with Gasteiger partial charge >= 0.3 is 0 Å². The lowest BCUT2D eigenvalue weighted by Gasteiger charge is -2.09. The van der Waals surface area contributed by atoms with Crippen molar-refractivity contribution in [3.63, 3.8) is 0 Å². The summed E-state index contributed by atoms with van der Waals surface area (Å²) < 4.78 is 19.6. The Morgan fingerprint density at radius 1 is 1.21 bits per heavy atom. The molecule has 0 aromatic heterocycles. The minimum absolute atomic E-state index is 0.0302. The van der Waals surface area contributed by atoms with Gasteiger partial charge in [-0.15, -0.1) is 0 Å². The molecule has 0 fully saturated rings. The van der Waals surface area contributed by atoms with Gasteiger partial charge in [0.1, 0.15) is 11.8 Å². The number of halogens is 2. The van der Waals surface area contributed by atoms with Crippen LogP contribution in [0.15, 0.2) is 40.9 Å². The molecule has 0 saturated heterocycles. The minimum Gasteiger partial charge on any atom is -0.453 e. The van der Waals surface area contributed by atoms with E-state index in [-0.39, 0.29) is 23.7 Å². The van der Waals surface area contributed by atoms with Crippen molar-refractivity contribution < 1.29 is 14.2 Å². The molecule has 0 aliphatic rings. The fraction of sp³-hybridized carbons (Fsp3) is 0.0714. The van der Waals surface area contributed by atoms with E-state index < -0.39 is 5.82 Å². The van der Waals surface area contributed by atoms with Crippen molar-refractivity contribution >= 4 is 15.9 Å². The Labute approximate surface area is 118 Å². The van der Waals surface area contributed by atoms with Gasteiger partial charge in [0.15, 0.2) is 11.6 Å². The van der Waals surface area contributed by atoms with Crippen LogP contribution in [0.3, 0.4) is 0 Å². The highest BCUT2D eigenvalue weighted by Crippen LogP contribution is 2.30. The van der Waals surface area contributed by atoms with E-state index in [1.54, 1.807) is 12.1 Å². The van der Waals surface area contributed by atoms with E-state index >= 15 is 0 Å². The number of hydrogen-bond donors (Lipinski definition) is 1. The Balaban J connectivity index is 2.38. The molecule has 2 rings (SSSR count). The van der Waals surface area contributed by atoms with Crippen molar-refractivity contribution in [1.29, 1.82) is 5.26 Å². The van der Waals surface area contributed by atoms with E-state index in [0.717, 1.165) is 0 Å². The van der Waals surface area contributed by atoms with E-state index in [0.29, 0.717) is 10.0 Å². The SMILES string of the molecule is N#Cc1cc(CO)ccc1Oc1cc(Br)ccc1F. The molecule has 0 saturated carbocycles. The number of ether oxygens (including phenoxy) is 1. The zero-order valence-electron chi connectivity index (χ0n) is 9.73. The van der Waals surface area contributed by atoms with Crippen LogP contribution < -0.4 is 4.74 Å². The van der Waals surface area contributed by atoms with Crippen LogP contribution in [0.2, 0.25) is 0 Å². The lowest BCUT2D eigenvalue weighted by atomic mass is 10.1. The number of hydrogen-bond acceptors (Lipinski definition) is 3. The molecular formula is C14H9BrFNO2. The van der Waals surface area contributed by atoms with Crippen LogP contribution in [-0.4, -0.2) is 5.11 Å². The topological polar surface area (TPSA) is 53.2 Å². The molecule has 1 N–H and O–H groups in total. The number of aliphatic hydroxyl groups excluding tert-OH is 1. The molecule has 3 nitrogen and oxygen atoms in total. The quantitative estimate of drug-likeness (QED) is 0.936. The molecule has 0 radical (unpaired) electrons. The predicted octanol–water partition coefficient (Wildman–Crippen LogP) is 3.74. The lowest BCUT2D eigenvalue weighted by Crippen LogP contribution is -1.93. The molecule has 0 aliphatic heterocycles. The maximum absolute atomic E-state index is 13.6. The zero-order chi connectivity index (χ0) is 13.8. The lowest BCUT2D eigenvalue weighted by molar-refractivity contribution is 0.281. The number of nitrogens with zero attached hydrogens (tertiary/aromatic N) is 1. The van der Waals surface area contributed by atoms with Crippen LogP contribution in [0.25, 0.3) is 0 Å². The average Bonchev–Trinajstić information content (AvgIpc) is 2.43. The van der Waals surface area contributed by atoms with Gasteiger partial charge in [0.25, 0.3) is 0 Å². The Bertz CT molecular complexity index is 652. The third-order valence-electron chi connectivity index (χ3n) is 2.46. The van der Waals surface area contributed by atoms with E-state index in [4.69, 9.17) is 15.1 Å². The molecular weight excluding hydrogens is 313 g/mol. The highest BCUT2D eigenvalue weighted by atomic mass is 79.9. The average molecular weight is 322 g/mol. The second kappa shape index (κ2) is 5.83. The summed E-state index contributed by atoms with van der Waals surface area (Å²) >= 11 is 3.22. The van der Waals surface area contributed by atoms with E-state index in [1.807, 2.05) is 6.07 Å². The van der Waals surface area contributed by atoms with E-state index in [1.165, 1.54) is 24.3 Å². The Morgan fingerprint density at radius 3 is 2.68 bits per heavy atom. The zero-order valence-corrected chi connectivity index (χ0v) is 11.3. The molecule has 5 heteroatoms. The number of aliphatic hydroxyl groups is 1. The Morgan fingerprint density at radius 2 is 2.00 bits per heavy atom. The summed E-state index contributed by atoms with van der Waals surface area (Å²) in [5.74, 6) is -0.238. The van der Waals surface area contributed by atoms with Crippen LogP contribution in [0.4, 0.5) is 4.39 Å². The first kappa shape index (κ1) is 13.5. The molecule has 2 aromatic carbocycles. The Hall–Kier alpha value is -1.90. The molecule has 0 spiro atoms. The van der Waals surface area contributed by atoms with Crippen LogP contribution in [0.1, 0.15) is 11.1 Å². The number of rotatable bonds is 3. The Kier molecular flexibility index (Phi) is 4.15. The summed E-state index contributed by atoms with van der Waals surface area (Å²) in [4.78, 5) is 0. The molecule has 0 heterocycles. The molecule has 0 atom stereocenters. The van der Waals surface area contributed by atoms with Gasteiger partial charge in [-0.3, -0.25) is 0 Å². The van der Waals surface area contributed by atoms with Gasteiger partial charge in [-0.25, -0.2) is 4.39 Å². The van der Waals surface area contributed by atoms with Crippen molar-refractivity contribution in [3.05, 3.63) is 57.8 Å². The van der Waals surface area contributed by atoms with Crippen molar-refractivity contribution in [1.82, 2.24) is 0 Å². The monoisotopic (exact) mass is 321 g/mol. The van der Waals surface area contributed by atoms with Gasteiger partial charge in [-0.2, -0.15) is 5.26 Å². The van der Waals surface area contributed by atoms with Gasteiger partial charge in [-0.1, -0.05) is 22.0 Å². The second-order valence-corrected chi connectivity index (χ2v) is 4.69. The van der Waals surface area contributed by atoms with E-state index in [9.17, 15) is 4.39 Å². The molecule has 19 heavy (non-hydrogen) atoms. The number of nitriles is 1. The summed E-state index contributed by atoms with van der Waals surface area (Å²) in [5.41, 5.74) is 0.838. The highest BCUT2D eigenvalue weighted by molar-refractivity contribution is 9.10. The predicted molar refractivity (Wildman–Crippen MR) is 71.3 cm³/mol. The van der Waals surface area contributed by atoms with Crippen molar-refractivity contribution in [2.45, 2.75) is 6.61 Å². The van der Waals surface area contributed by atoms with Crippen LogP contribution >= 0.6 is 15.9 Å². The third-order valence-corrected chi connectivity index (χ3v) is 2.95. The largest absolute Gasteiger partial charge is 0.453 e. The maximum Gasteiger partial charge on any atom is 0.165 e. The number of benzene rings is 2. The van der Waals surface area contributed by atoms with Crippen LogP contribution in [0.5, 0.6) is 11.5 Å². The minimum atomic E-state index is -0.515. The van der Waals surface area contributed by atoms with Crippen molar-refractivity contribution in [3.8, 4) is 17.6 Å². The van der Waals surface area contributed by atoms with Crippen LogP contribution in [0, 0.1) is 17.1 Å². The van der Waals surface area contributed by atoms with Gasteiger partial charge in [0.2, 0.25) is 0 Å².